The van der Waals surface area contributed by atoms with Gasteiger partial charge < -0.3 is 19.4 Å². The van der Waals surface area contributed by atoms with Crippen LogP contribution in [0.3, 0.4) is 0 Å². The molecule has 3 rings (SSSR count). The molecule has 0 fully saturated rings. The molecule has 0 saturated heterocycles. The Kier molecular flexibility index (Phi) is 5.88. The predicted molar refractivity (Wildman–Crippen MR) is 98.0 cm³/mol. The van der Waals surface area contributed by atoms with Gasteiger partial charge in [0.05, 0.1) is 7.11 Å². The van der Waals surface area contributed by atoms with Gasteiger partial charge in [-0.2, -0.15) is 0 Å². The molecule has 0 aliphatic carbocycles. The number of carbonyl (C=O) groups excluding carboxylic acids is 1. The number of aryl methyl sites for hydroxylation is 1. The van der Waals surface area contributed by atoms with E-state index in [9.17, 15) is 13.6 Å². The Balaban J connectivity index is 1.77. The first kappa shape index (κ1) is 19.3. The van der Waals surface area contributed by atoms with Gasteiger partial charge in [-0.25, -0.2) is 13.8 Å². The number of imidazole rings is 1. The van der Waals surface area contributed by atoms with Crippen LogP contribution in [0.25, 0.3) is 0 Å². The fourth-order valence-electron chi connectivity index (χ4n) is 2.71. The standard InChI is InChI=1S/C20H19F2N3O3/c1-25-9-8-23-20(25)19(13-4-3-5-15(10-13)27-2)24-18(26)12-28-17-7-6-14(21)11-16(17)22/h3-11,19H,12H2,1-2H3,(H,24,26). The van der Waals surface area contributed by atoms with E-state index in [1.807, 2.05) is 13.1 Å². The molecule has 6 nitrogen and oxygen atoms in total. The number of benzene rings is 2. The zero-order valence-corrected chi connectivity index (χ0v) is 15.4. The van der Waals surface area contributed by atoms with Gasteiger partial charge in [-0.1, -0.05) is 12.1 Å². The van der Waals surface area contributed by atoms with E-state index >= 15 is 0 Å². The van der Waals surface area contributed by atoms with E-state index in [1.165, 1.54) is 0 Å². The topological polar surface area (TPSA) is 65.4 Å². The summed E-state index contributed by atoms with van der Waals surface area (Å²) < 4.78 is 38.8. The third-order valence-electron chi connectivity index (χ3n) is 4.10. The molecule has 1 heterocycles. The summed E-state index contributed by atoms with van der Waals surface area (Å²) in [5.74, 6) is -1.04. The van der Waals surface area contributed by atoms with Gasteiger partial charge in [0, 0.05) is 25.5 Å². The summed E-state index contributed by atoms with van der Waals surface area (Å²) in [5.41, 5.74) is 0.759. The molecule has 28 heavy (non-hydrogen) atoms. The molecule has 0 bridgehead atoms. The maximum Gasteiger partial charge on any atom is 0.258 e. The molecule has 0 saturated carbocycles. The maximum atomic E-state index is 13.7. The Bertz CT molecular complexity index is 975. The average molecular weight is 387 g/mol. The summed E-state index contributed by atoms with van der Waals surface area (Å²) in [6.07, 6.45) is 3.39. The van der Waals surface area contributed by atoms with Gasteiger partial charge in [-0.05, 0) is 29.8 Å². The van der Waals surface area contributed by atoms with Crippen LogP contribution in [0.1, 0.15) is 17.4 Å². The number of ether oxygens (including phenoxy) is 2. The highest BCUT2D eigenvalue weighted by atomic mass is 19.1. The van der Waals surface area contributed by atoms with Crippen molar-refractivity contribution >= 4 is 5.91 Å². The summed E-state index contributed by atoms with van der Waals surface area (Å²) in [5, 5.41) is 2.83. The Morgan fingerprint density at radius 2 is 2.07 bits per heavy atom. The summed E-state index contributed by atoms with van der Waals surface area (Å²) >= 11 is 0. The van der Waals surface area contributed by atoms with E-state index in [-0.39, 0.29) is 5.75 Å². The van der Waals surface area contributed by atoms with E-state index in [4.69, 9.17) is 9.47 Å². The molecule has 2 aromatic carbocycles. The number of rotatable bonds is 7. The highest BCUT2D eigenvalue weighted by Crippen LogP contribution is 2.24. The van der Waals surface area contributed by atoms with Gasteiger partial charge in [0.2, 0.25) is 0 Å². The molecular formula is C20H19F2N3O3. The van der Waals surface area contributed by atoms with Crippen LogP contribution in [0.4, 0.5) is 8.78 Å². The monoisotopic (exact) mass is 387 g/mol. The lowest BCUT2D eigenvalue weighted by atomic mass is 10.1. The van der Waals surface area contributed by atoms with Crippen molar-refractivity contribution in [2.45, 2.75) is 6.04 Å². The highest BCUT2D eigenvalue weighted by molar-refractivity contribution is 5.78. The number of hydrogen-bond acceptors (Lipinski definition) is 4. The largest absolute Gasteiger partial charge is 0.497 e. The number of nitrogens with one attached hydrogen (secondary N) is 1. The van der Waals surface area contributed by atoms with Crippen molar-refractivity contribution in [1.29, 1.82) is 0 Å². The first-order chi connectivity index (χ1) is 13.5. The number of hydrogen-bond donors (Lipinski definition) is 1. The lowest BCUT2D eigenvalue weighted by Crippen LogP contribution is -2.34. The van der Waals surface area contributed by atoms with Crippen LogP contribution >= 0.6 is 0 Å². The summed E-state index contributed by atoms with van der Waals surface area (Å²) in [6, 6.07) is 9.55. The van der Waals surface area contributed by atoms with Crippen molar-refractivity contribution < 1.29 is 23.0 Å². The van der Waals surface area contributed by atoms with Crippen LogP contribution in [0.2, 0.25) is 0 Å². The molecule has 1 amide bonds. The van der Waals surface area contributed by atoms with Crippen LogP contribution in [-0.2, 0) is 11.8 Å². The normalized spacial score (nSPS) is 11.7. The van der Waals surface area contributed by atoms with Crippen molar-refractivity contribution in [2.75, 3.05) is 13.7 Å². The summed E-state index contributed by atoms with van der Waals surface area (Å²) in [6.45, 7) is -0.437. The quantitative estimate of drug-likeness (QED) is 0.677. The van der Waals surface area contributed by atoms with Gasteiger partial charge in [0.15, 0.2) is 18.2 Å². The lowest BCUT2D eigenvalue weighted by molar-refractivity contribution is -0.123. The van der Waals surface area contributed by atoms with Crippen molar-refractivity contribution in [3.05, 3.63) is 77.9 Å². The van der Waals surface area contributed by atoms with E-state index in [2.05, 4.69) is 10.3 Å². The van der Waals surface area contributed by atoms with E-state index in [1.54, 1.807) is 42.3 Å². The number of carbonyl (C=O) groups is 1. The SMILES string of the molecule is COc1cccc(C(NC(=O)COc2ccc(F)cc2F)c2nccn2C)c1. The number of amides is 1. The molecule has 1 aromatic heterocycles. The van der Waals surface area contributed by atoms with Crippen LogP contribution in [0.5, 0.6) is 11.5 Å². The third-order valence-corrected chi connectivity index (χ3v) is 4.10. The smallest absolute Gasteiger partial charge is 0.258 e. The van der Waals surface area contributed by atoms with Gasteiger partial charge in [0.25, 0.3) is 5.91 Å². The van der Waals surface area contributed by atoms with Gasteiger partial charge in [-0.15, -0.1) is 0 Å². The zero-order chi connectivity index (χ0) is 20.1. The minimum atomic E-state index is -0.874. The fraction of sp³-hybridized carbons (Fsp3) is 0.200. The second kappa shape index (κ2) is 8.51. The van der Waals surface area contributed by atoms with Crippen LogP contribution < -0.4 is 14.8 Å². The van der Waals surface area contributed by atoms with Crippen molar-refractivity contribution in [1.82, 2.24) is 14.9 Å². The predicted octanol–water partition coefficient (Wildman–Crippen LogP) is 2.99. The van der Waals surface area contributed by atoms with Crippen molar-refractivity contribution in [2.24, 2.45) is 7.05 Å². The Morgan fingerprint density at radius 1 is 1.25 bits per heavy atom. The second-order valence-corrected chi connectivity index (χ2v) is 6.04. The van der Waals surface area contributed by atoms with Crippen LogP contribution in [0.15, 0.2) is 54.9 Å². The maximum absolute atomic E-state index is 13.7. The van der Waals surface area contributed by atoms with E-state index in [0.29, 0.717) is 17.6 Å². The summed E-state index contributed by atoms with van der Waals surface area (Å²) in [7, 11) is 3.37. The minimum absolute atomic E-state index is 0.202. The summed E-state index contributed by atoms with van der Waals surface area (Å²) in [4.78, 5) is 16.7. The molecule has 1 unspecified atom stereocenters. The van der Waals surface area contributed by atoms with E-state index < -0.39 is 30.2 Å². The number of halogens is 2. The Labute approximate surface area is 160 Å². The van der Waals surface area contributed by atoms with Gasteiger partial charge >= 0.3 is 0 Å². The zero-order valence-electron chi connectivity index (χ0n) is 15.4. The molecule has 0 aliphatic rings. The van der Waals surface area contributed by atoms with Gasteiger partial charge in [0.1, 0.15) is 23.4 Å². The van der Waals surface area contributed by atoms with Crippen molar-refractivity contribution in [3.8, 4) is 11.5 Å². The number of nitrogens with zero attached hydrogens (tertiary/aromatic N) is 2. The molecule has 0 aliphatic heterocycles. The first-order valence-corrected chi connectivity index (χ1v) is 8.46. The molecule has 3 aromatic rings. The number of methoxy groups -OCH3 is 1. The van der Waals surface area contributed by atoms with Gasteiger partial charge in [-0.3, -0.25) is 4.79 Å². The fourth-order valence-corrected chi connectivity index (χ4v) is 2.71. The molecule has 0 radical (unpaired) electrons. The molecule has 0 spiro atoms. The van der Waals surface area contributed by atoms with Crippen LogP contribution in [-0.4, -0.2) is 29.2 Å². The lowest BCUT2D eigenvalue weighted by Gasteiger charge is -2.20. The van der Waals surface area contributed by atoms with Crippen LogP contribution in [0, 0.1) is 11.6 Å². The molecule has 1 atom stereocenters. The first-order valence-electron chi connectivity index (χ1n) is 8.46. The molecule has 1 N–H and O–H groups in total. The second-order valence-electron chi connectivity index (χ2n) is 6.04. The van der Waals surface area contributed by atoms with E-state index in [0.717, 1.165) is 17.7 Å². The van der Waals surface area contributed by atoms with Crippen molar-refractivity contribution in [3.63, 3.8) is 0 Å². The highest BCUT2D eigenvalue weighted by Gasteiger charge is 2.21. The molecular weight excluding hydrogens is 368 g/mol. The molecule has 8 heteroatoms. The number of aromatic nitrogens is 2. The average Bonchev–Trinajstić information content (AvgIpc) is 3.11. The Hall–Kier alpha value is -3.42. The minimum Gasteiger partial charge on any atom is -0.497 e. The third kappa shape index (κ3) is 4.46. The molecule has 146 valence electrons. The Morgan fingerprint density at radius 3 is 2.75 bits per heavy atom.